The van der Waals surface area contributed by atoms with Crippen LogP contribution in [0.2, 0.25) is 0 Å². The fourth-order valence-corrected chi connectivity index (χ4v) is 2.23. The van der Waals surface area contributed by atoms with Crippen LogP contribution in [0.25, 0.3) is 0 Å². The molecule has 100 valence electrons. The molecule has 19 heavy (non-hydrogen) atoms. The number of nitrogens with one attached hydrogen (secondary N) is 2. The maximum atomic E-state index is 12.9. The third-order valence-corrected chi connectivity index (χ3v) is 3.24. The molecule has 1 amide bonds. The van der Waals surface area contributed by atoms with E-state index in [1.807, 2.05) is 0 Å². The van der Waals surface area contributed by atoms with Gasteiger partial charge < -0.3 is 4.98 Å². The number of H-pyrrole nitrogens is 1. The van der Waals surface area contributed by atoms with Crippen LogP contribution in [0.5, 0.6) is 0 Å². The third kappa shape index (κ3) is 4.06. The number of carbonyl (C=O) groups excluding carboxylic acids is 1. The Labute approximate surface area is 112 Å². The summed E-state index contributed by atoms with van der Waals surface area (Å²) in [6.45, 7) is 0. The summed E-state index contributed by atoms with van der Waals surface area (Å²) in [7, 11) is 0. The Hall–Kier alpha value is -1.89. The largest absolute Gasteiger partial charge is 0.331 e. The minimum absolute atomic E-state index is 0.190. The molecule has 0 saturated carbocycles. The van der Waals surface area contributed by atoms with Crippen molar-refractivity contribution in [3.63, 3.8) is 0 Å². The SMILES string of the molecule is O=C(CCSc1ccc(F)c(F)c1)Nc1ncc[nH]1. The van der Waals surface area contributed by atoms with Gasteiger partial charge in [0.15, 0.2) is 11.6 Å². The van der Waals surface area contributed by atoms with Crippen LogP contribution in [0, 0.1) is 11.6 Å². The Kier molecular flexibility index (Phi) is 4.51. The molecule has 0 aliphatic heterocycles. The van der Waals surface area contributed by atoms with Crippen LogP contribution in [-0.2, 0) is 4.79 Å². The summed E-state index contributed by atoms with van der Waals surface area (Å²) >= 11 is 1.29. The van der Waals surface area contributed by atoms with Crippen molar-refractivity contribution in [2.45, 2.75) is 11.3 Å². The minimum atomic E-state index is -0.884. The highest BCUT2D eigenvalue weighted by atomic mass is 32.2. The number of hydrogen-bond acceptors (Lipinski definition) is 3. The Morgan fingerprint density at radius 1 is 1.37 bits per heavy atom. The van der Waals surface area contributed by atoms with Crippen molar-refractivity contribution in [3.8, 4) is 0 Å². The van der Waals surface area contributed by atoms with Crippen molar-refractivity contribution in [1.82, 2.24) is 9.97 Å². The molecule has 0 saturated heterocycles. The molecule has 1 aromatic carbocycles. The summed E-state index contributed by atoms with van der Waals surface area (Å²) in [5, 5.41) is 2.58. The molecule has 1 heterocycles. The van der Waals surface area contributed by atoms with Gasteiger partial charge in [-0.3, -0.25) is 10.1 Å². The first-order chi connectivity index (χ1) is 9.15. The maximum Gasteiger partial charge on any atom is 0.227 e. The monoisotopic (exact) mass is 283 g/mol. The number of aromatic amines is 1. The van der Waals surface area contributed by atoms with E-state index in [2.05, 4.69) is 15.3 Å². The molecule has 0 aliphatic carbocycles. The second kappa shape index (κ2) is 6.33. The number of nitrogens with zero attached hydrogens (tertiary/aromatic N) is 1. The van der Waals surface area contributed by atoms with Crippen LogP contribution in [0.4, 0.5) is 14.7 Å². The van der Waals surface area contributed by atoms with Gasteiger partial charge >= 0.3 is 0 Å². The molecule has 2 rings (SSSR count). The van der Waals surface area contributed by atoms with E-state index in [1.54, 1.807) is 6.20 Å². The van der Waals surface area contributed by atoms with Crippen molar-refractivity contribution >= 4 is 23.6 Å². The number of amides is 1. The summed E-state index contributed by atoms with van der Waals surface area (Å²) in [6.07, 6.45) is 3.39. The smallest absolute Gasteiger partial charge is 0.227 e. The number of rotatable bonds is 5. The lowest BCUT2D eigenvalue weighted by Gasteiger charge is -2.03. The molecule has 1 aromatic heterocycles. The molecule has 0 bridgehead atoms. The van der Waals surface area contributed by atoms with Gasteiger partial charge in [-0.05, 0) is 18.2 Å². The average Bonchev–Trinajstić information content (AvgIpc) is 2.86. The molecule has 4 nitrogen and oxygen atoms in total. The number of benzene rings is 1. The molecule has 0 spiro atoms. The van der Waals surface area contributed by atoms with E-state index in [0.717, 1.165) is 12.1 Å². The highest BCUT2D eigenvalue weighted by Gasteiger charge is 2.06. The van der Waals surface area contributed by atoms with E-state index in [1.165, 1.54) is 24.0 Å². The van der Waals surface area contributed by atoms with Crippen molar-refractivity contribution in [2.75, 3.05) is 11.1 Å². The second-order valence-electron chi connectivity index (χ2n) is 3.66. The fourth-order valence-electron chi connectivity index (χ4n) is 1.36. The van der Waals surface area contributed by atoms with Crippen molar-refractivity contribution in [1.29, 1.82) is 0 Å². The minimum Gasteiger partial charge on any atom is -0.331 e. The van der Waals surface area contributed by atoms with Crippen LogP contribution in [0.1, 0.15) is 6.42 Å². The molecule has 0 fully saturated rings. The normalized spacial score (nSPS) is 10.4. The zero-order chi connectivity index (χ0) is 13.7. The molecule has 2 aromatic rings. The lowest BCUT2D eigenvalue weighted by atomic mass is 10.3. The predicted octanol–water partition coefficient (Wildman–Crippen LogP) is 2.81. The summed E-state index contributed by atoms with van der Waals surface area (Å²) in [6, 6.07) is 3.67. The summed E-state index contributed by atoms with van der Waals surface area (Å²) in [5.41, 5.74) is 0. The maximum absolute atomic E-state index is 12.9. The van der Waals surface area contributed by atoms with E-state index < -0.39 is 11.6 Å². The first kappa shape index (κ1) is 13.5. The highest BCUT2D eigenvalue weighted by molar-refractivity contribution is 7.99. The van der Waals surface area contributed by atoms with E-state index in [0.29, 0.717) is 16.6 Å². The van der Waals surface area contributed by atoms with Crippen LogP contribution in [0.15, 0.2) is 35.5 Å². The predicted molar refractivity (Wildman–Crippen MR) is 68.9 cm³/mol. The van der Waals surface area contributed by atoms with Gasteiger partial charge in [0.05, 0.1) is 0 Å². The average molecular weight is 283 g/mol. The number of imidazole rings is 1. The first-order valence-corrected chi connectivity index (χ1v) is 6.51. The van der Waals surface area contributed by atoms with Crippen LogP contribution in [0.3, 0.4) is 0 Å². The van der Waals surface area contributed by atoms with E-state index in [9.17, 15) is 13.6 Å². The van der Waals surface area contributed by atoms with Crippen molar-refractivity contribution in [3.05, 3.63) is 42.2 Å². The Morgan fingerprint density at radius 3 is 2.89 bits per heavy atom. The van der Waals surface area contributed by atoms with Gasteiger partial charge in [0.2, 0.25) is 11.9 Å². The molecule has 2 N–H and O–H groups in total. The molecular formula is C12H11F2N3OS. The van der Waals surface area contributed by atoms with Crippen LogP contribution in [-0.4, -0.2) is 21.6 Å². The number of thioether (sulfide) groups is 1. The quantitative estimate of drug-likeness (QED) is 0.830. The van der Waals surface area contributed by atoms with E-state index in [-0.39, 0.29) is 12.3 Å². The number of anilines is 1. The van der Waals surface area contributed by atoms with Crippen molar-refractivity contribution in [2.24, 2.45) is 0 Å². The highest BCUT2D eigenvalue weighted by Crippen LogP contribution is 2.21. The number of hydrogen-bond donors (Lipinski definition) is 2. The van der Waals surface area contributed by atoms with Gasteiger partial charge in [0.1, 0.15) is 0 Å². The molecule has 0 aliphatic rings. The van der Waals surface area contributed by atoms with Gasteiger partial charge in [-0.2, -0.15) is 0 Å². The second-order valence-corrected chi connectivity index (χ2v) is 4.83. The molecule has 0 unspecified atom stereocenters. The van der Waals surface area contributed by atoms with Crippen LogP contribution < -0.4 is 5.32 Å². The zero-order valence-electron chi connectivity index (χ0n) is 9.82. The fraction of sp³-hybridized carbons (Fsp3) is 0.167. The Morgan fingerprint density at radius 2 is 2.21 bits per heavy atom. The van der Waals surface area contributed by atoms with Gasteiger partial charge in [-0.1, -0.05) is 0 Å². The Balaban J connectivity index is 1.76. The third-order valence-electron chi connectivity index (χ3n) is 2.24. The molecule has 0 atom stereocenters. The standard InChI is InChI=1S/C12H11F2N3OS/c13-9-2-1-8(7-10(9)14)19-6-3-11(18)17-12-15-4-5-16-12/h1-2,4-5,7H,3,6H2,(H2,15,16,17,18). The molecule has 7 heteroatoms. The van der Waals surface area contributed by atoms with Gasteiger partial charge in [0.25, 0.3) is 0 Å². The van der Waals surface area contributed by atoms with Crippen LogP contribution >= 0.6 is 11.8 Å². The van der Waals surface area contributed by atoms with Gasteiger partial charge in [0, 0.05) is 29.5 Å². The number of aromatic nitrogens is 2. The summed E-state index contributed by atoms with van der Waals surface area (Å²) in [5.74, 6) is -1.09. The summed E-state index contributed by atoms with van der Waals surface area (Å²) in [4.78, 5) is 18.7. The summed E-state index contributed by atoms with van der Waals surface area (Å²) < 4.78 is 25.6. The molecular weight excluding hydrogens is 272 g/mol. The zero-order valence-corrected chi connectivity index (χ0v) is 10.6. The number of carbonyl (C=O) groups is 1. The lowest BCUT2D eigenvalue weighted by Crippen LogP contribution is -2.13. The van der Waals surface area contributed by atoms with Crippen molar-refractivity contribution < 1.29 is 13.6 Å². The van der Waals surface area contributed by atoms with Gasteiger partial charge in [-0.25, -0.2) is 13.8 Å². The number of halogens is 2. The first-order valence-electron chi connectivity index (χ1n) is 5.52. The van der Waals surface area contributed by atoms with Gasteiger partial charge in [-0.15, -0.1) is 11.8 Å². The van der Waals surface area contributed by atoms with E-state index >= 15 is 0 Å². The Bertz CT molecular complexity index is 560. The molecule has 0 radical (unpaired) electrons. The lowest BCUT2D eigenvalue weighted by molar-refractivity contribution is -0.115. The topological polar surface area (TPSA) is 57.8 Å². The van der Waals surface area contributed by atoms with E-state index in [4.69, 9.17) is 0 Å².